The summed E-state index contributed by atoms with van der Waals surface area (Å²) in [5.41, 5.74) is 0. The third kappa shape index (κ3) is 1.47. The van der Waals surface area contributed by atoms with Crippen LogP contribution >= 0.6 is 0 Å². The summed E-state index contributed by atoms with van der Waals surface area (Å²) >= 11 is 0. The lowest BCUT2D eigenvalue weighted by Crippen LogP contribution is -2.40. The van der Waals surface area contributed by atoms with Crippen molar-refractivity contribution in [1.82, 2.24) is 4.90 Å². The quantitative estimate of drug-likeness (QED) is 0.401. The Morgan fingerprint density at radius 2 is 1.92 bits per heavy atom. The maximum atomic E-state index is 12.6. The molecular weight excluding hydrogens is 177 g/mol. The molecule has 1 aliphatic heterocycles. The molecule has 0 spiro atoms. The van der Waals surface area contributed by atoms with Gasteiger partial charge in [-0.1, -0.05) is 5.92 Å². The highest BCUT2D eigenvalue weighted by molar-refractivity contribution is 6.23. The number of imide groups is 3. The van der Waals surface area contributed by atoms with E-state index in [1.807, 2.05) is 0 Å². The van der Waals surface area contributed by atoms with E-state index in [0.29, 0.717) is 0 Å². The molecule has 13 heavy (non-hydrogen) atoms. The Morgan fingerprint density at radius 3 is 2.31 bits per heavy atom. The van der Waals surface area contributed by atoms with Crippen LogP contribution in [0, 0.1) is 12.3 Å². The van der Waals surface area contributed by atoms with Crippen molar-refractivity contribution in [3.63, 3.8) is 0 Å². The Balaban J connectivity index is 2.86. The molecule has 0 aliphatic carbocycles. The summed E-state index contributed by atoms with van der Waals surface area (Å²) in [5, 5.41) is 0. The van der Waals surface area contributed by atoms with E-state index in [9.17, 15) is 18.8 Å². The third-order valence-electron chi connectivity index (χ3n) is 1.39. The van der Waals surface area contributed by atoms with Crippen molar-refractivity contribution in [2.24, 2.45) is 0 Å². The summed E-state index contributed by atoms with van der Waals surface area (Å²) in [5.74, 6) is -1.56. The van der Waals surface area contributed by atoms with Gasteiger partial charge in [-0.05, 0) is 0 Å². The fourth-order valence-electron chi connectivity index (χ4n) is 0.802. The highest BCUT2D eigenvalue weighted by Gasteiger charge is 2.34. The normalized spacial score (nSPS) is 17.4. The summed E-state index contributed by atoms with van der Waals surface area (Å²) in [6.07, 6.45) is 4.12. The van der Waals surface area contributed by atoms with Crippen LogP contribution in [0.25, 0.3) is 0 Å². The van der Waals surface area contributed by atoms with Crippen LogP contribution in [0.2, 0.25) is 0 Å². The van der Waals surface area contributed by atoms with Gasteiger partial charge < -0.3 is 0 Å². The molecule has 4 nitrogen and oxygen atoms in total. The first kappa shape index (κ1) is 9.13. The van der Waals surface area contributed by atoms with Crippen LogP contribution in [0.4, 0.5) is 4.39 Å². The molecule has 0 aromatic heterocycles. The Morgan fingerprint density at radius 1 is 1.46 bits per heavy atom. The molecule has 1 atom stereocenters. The number of rotatable bonds is 1. The van der Waals surface area contributed by atoms with Crippen LogP contribution in [0.3, 0.4) is 0 Å². The average Bonchev–Trinajstić information content (AvgIpc) is 2.44. The molecule has 0 N–H and O–H groups in total. The molecular formula is C8H4FNO3. The largest absolute Gasteiger partial charge is 0.283 e. The zero-order chi connectivity index (χ0) is 10.0. The van der Waals surface area contributed by atoms with Gasteiger partial charge in [-0.2, -0.15) is 0 Å². The highest BCUT2D eigenvalue weighted by Crippen LogP contribution is 2.07. The van der Waals surface area contributed by atoms with Crippen LogP contribution < -0.4 is 0 Å². The summed E-state index contributed by atoms with van der Waals surface area (Å²) in [7, 11) is 0. The molecule has 66 valence electrons. The van der Waals surface area contributed by atoms with Crippen LogP contribution in [0.5, 0.6) is 0 Å². The van der Waals surface area contributed by atoms with Crippen LogP contribution in [-0.2, 0) is 14.4 Å². The summed E-state index contributed by atoms with van der Waals surface area (Å²) in [4.78, 5) is 32.7. The third-order valence-corrected chi connectivity index (χ3v) is 1.39. The van der Waals surface area contributed by atoms with Gasteiger partial charge in [0.2, 0.25) is 6.17 Å². The van der Waals surface area contributed by atoms with Crippen molar-refractivity contribution in [2.75, 3.05) is 0 Å². The van der Waals surface area contributed by atoms with E-state index >= 15 is 0 Å². The van der Waals surface area contributed by atoms with Gasteiger partial charge in [0, 0.05) is 12.2 Å². The van der Waals surface area contributed by atoms with E-state index < -0.39 is 23.9 Å². The molecule has 3 amide bonds. The van der Waals surface area contributed by atoms with E-state index in [0.717, 1.165) is 12.2 Å². The van der Waals surface area contributed by atoms with Crippen molar-refractivity contribution in [1.29, 1.82) is 0 Å². The Labute approximate surface area is 73.0 Å². The summed E-state index contributed by atoms with van der Waals surface area (Å²) in [6.45, 7) is 0. The van der Waals surface area contributed by atoms with Crippen molar-refractivity contribution in [3.8, 4) is 12.3 Å². The highest BCUT2D eigenvalue weighted by atomic mass is 19.1. The lowest BCUT2D eigenvalue weighted by atomic mass is 10.3. The van der Waals surface area contributed by atoms with Gasteiger partial charge in [0.25, 0.3) is 17.7 Å². The van der Waals surface area contributed by atoms with E-state index in [1.54, 1.807) is 0 Å². The Bertz CT molecular complexity index is 335. The number of amides is 3. The minimum Gasteiger partial charge on any atom is -0.269 e. The SMILES string of the molecule is C#CC(F)C(=O)N1C(=O)C=CC1=O. The predicted octanol–water partition coefficient (Wildman–Crippen LogP) is -0.591. The Hall–Kier alpha value is -1.96. The maximum Gasteiger partial charge on any atom is 0.283 e. The molecule has 0 saturated carbocycles. The molecule has 0 aromatic rings. The van der Waals surface area contributed by atoms with Crippen molar-refractivity contribution >= 4 is 17.7 Å². The fraction of sp³-hybridized carbons (Fsp3) is 0.125. The minimum atomic E-state index is -2.26. The molecule has 1 unspecified atom stereocenters. The van der Waals surface area contributed by atoms with Gasteiger partial charge >= 0.3 is 0 Å². The van der Waals surface area contributed by atoms with Crippen molar-refractivity contribution in [2.45, 2.75) is 6.17 Å². The zero-order valence-corrected chi connectivity index (χ0v) is 6.36. The lowest BCUT2D eigenvalue weighted by Gasteiger charge is -2.10. The van der Waals surface area contributed by atoms with Gasteiger partial charge in [-0.15, -0.1) is 6.42 Å². The number of nitrogens with zero attached hydrogens (tertiary/aromatic N) is 1. The predicted molar refractivity (Wildman–Crippen MR) is 39.7 cm³/mol. The number of alkyl halides is 1. The maximum absolute atomic E-state index is 12.6. The molecule has 1 rings (SSSR count). The first-order chi connectivity index (χ1) is 6.07. The van der Waals surface area contributed by atoms with Crippen LogP contribution in [0.15, 0.2) is 12.2 Å². The number of halogens is 1. The van der Waals surface area contributed by atoms with Gasteiger partial charge in [0.05, 0.1) is 0 Å². The van der Waals surface area contributed by atoms with E-state index in [1.165, 1.54) is 5.92 Å². The van der Waals surface area contributed by atoms with Gasteiger partial charge in [0.1, 0.15) is 0 Å². The first-order valence-electron chi connectivity index (χ1n) is 3.28. The summed E-state index contributed by atoms with van der Waals surface area (Å²) < 4.78 is 12.6. The first-order valence-corrected chi connectivity index (χ1v) is 3.28. The zero-order valence-electron chi connectivity index (χ0n) is 6.36. The number of hydrogen-bond acceptors (Lipinski definition) is 3. The smallest absolute Gasteiger partial charge is 0.269 e. The van der Waals surface area contributed by atoms with Crippen LogP contribution in [-0.4, -0.2) is 28.8 Å². The summed E-state index contributed by atoms with van der Waals surface area (Å²) in [6, 6.07) is 0. The second-order valence-electron chi connectivity index (χ2n) is 2.21. The number of terminal acetylenes is 1. The van der Waals surface area contributed by atoms with Crippen molar-refractivity contribution in [3.05, 3.63) is 12.2 Å². The van der Waals surface area contributed by atoms with Crippen molar-refractivity contribution < 1.29 is 18.8 Å². The van der Waals surface area contributed by atoms with E-state index in [2.05, 4.69) is 6.42 Å². The number of hydrogen-bond donors (Lipinski definition) is 0. The van der Waals surface area contributed by atoms with Gasteiger partial charge in [0.15, 0.2) is 0 Å². The molecule has 0 saturated heterocycles. The second kappa shape index (κ2) is 3.19. The molecule has 1 heterocycles. The standard InChI is InChI=1S/C8H4FNO3/c1-2-5(9)8(13)10-6(11)3-4-7(10)12/h1,3-5H. The van der Waals surface area contributed by atoms with E-state index in [4.69, 9.17) is 0 Å². The topological polar surface area (TPSA) is 54.5 Å². The Kier molecular flexibility index (Phi) is 2.24. The monoisotopic (exact) mass is 181 g/mol. The molecule has 0 fully saturated rings. The average molecular weight is 181 g/mol. The van der Waals surface area contributed by atoms with Crippen LogP contribution in [0.1, 0.15) is 0 Å². The fourth-order valence-corrected chi connectivity index (χ4v) is 0.802. The molecule has 0 radical (unpaired) electrons. The number of carbonyl (C=O) groups is 3. The molecule has 0 aromatic carbocycles. The minimum absolute atomic E-state index is 0.171. The van der Waals surface area contributed by atoms with Gasteiger partial charge in [-0.3, -0.25) is 14.4 Å². The molecule has 5 heteroatoms. The lowest BCUT2D eigenvalue weighted by molar-refractivity contribution is -0.150. The van der Waals surface area contributed by atoms with E-state index in [-0.39, 0.29) is 4.90 Å². The molecule has 1 aliphatic rings. The number of carbonyl (C=O) groups excluding carboxylic acids is 3. The van der Waals surface area contributed by atoms with Gasteiger partial charge in [-0.25, -0.2) is 9.29 Å². The second-order valence-corrected chi connectivity index (χ2v) is 2.21. The molecule has 0 bridgehead atoms.